The summed E-state index contributed by atoms with van der Waals surface area (Å²) in [6.45, 7) is 8.13. The molecule has 1 aliphatic heterocycles. The molecule has 1 saturated heterocycles. The van der Waals surface area contributed by atoms with Crippen LogP contribution in [0.25, 0.3) is 0 Å². The van der Waals surface area contributed by atoms with Crippen molar-refractivity contribution in [3.8, 4) is 0 Å². The van der Waals surface area contributed by atoms with Gasteiger partial charge in [0.1, 0.15) is 0 Å². The van der Waals surface area contributed by atoms with E-state index in [0.29, 0.717) is 13.1 Å². The van der Waals surface area contributed by atoms with Gasteiger partial charge in [-0.2, -0.15) is 11.8 Å². The average molecular weight is 219 g/mol. The summed E-state index contributed by atoms with van der Waals surface area (Å²) in [4.78, 5) is 13.3. The summed E-state index contributed by atoms with van der Waals surface area (Å²) in [7, 11) is 0. The molecule has 1 amide bonds. The number of carbonyl (C=O) groups is 1. The van der Waals surface area contributed by atoms with Gasteiger partial charge in [0, 0.05) is 23.6 Å². The van der Waals surface area contributed by atoms with Gasteiger partial charge in [0.15, 0.2) is 5.67 Å². The Labute approximate surface area is 89.2 Å². The Bertz CT molecular complexity index is 235. The van der Waals surface area contributed by atoms with Gasteiger partial charge in [0.2, 0.25) is 0 Å². The molecule has 0 atom stereocenters. The van der Waals surface area contributed by atoms with Crippen molar-refractivity contribution >= 4 is 17.7 Å². The van der Waals surface area contributed by atoms with Gasteiger partial charge in [0.25, 0.3) is 5.91 Å². The van der Waals surface area contributed by atoms with Crippen molar-refractivity contribution in [1.82, 2.24) is 4.90 Å². The molecule has 1 fully saturated rings. The molecule has 2 nitrogen and oxygen atoms in total. The van der Waals surface area contributed by atoms with Crippen molar-refractivity contribution in [3.05, 3.63) is 0 Å². The van der Waals surface area contributed by atoms with Gasteiger partial charge in [-0.05, 0) is 27.7 Å². The first kappa shape index (κ1) is 11.8. The second-order valence-corrected chi connectivity index (χ2v) is 6.61. The monoisotopic (exact) mass is 219 g/mol. The highest BCUT2D eigenvalue weighted by Gasteiger charge is 2.36. The van der Waals surface area contributed by atoms with Crippen molar-refractivity contribution in [1.29, 1.82) is 0 Å². The van der Waals surface area contributed by atoms with Crippen LogP contribution in [0.3, 0.4) is 0 Å². The smallest absolute Gasteiger partial charge is 0.259 e. The lowest BCUT2D eigenvalue weighted by molar-refractivity contribution is -0.142. The molecule has 0 bridgehead atoms. The Hall–Kier alpha value is -0.250. The molecule has 0 aliphatic carbocycles. The molecule has 0 aromatic carbocycles. The van der Waals surface area contributed by atoms with Gasteiger partial charge in [-0.1, -0.05) is 0 Å². The van der Waals surface area contributed by atoms with Crippen molar-refractivity contribution in [2.75, 3.05) is 18.8 Å². The minimum atomic E-state index is -1.74. The predicted molar refractivity (Wildman–Crippen MR) is 58.3 cm³/mol. The number of hydrogen-bond acceptors (Lipinski definition) is 2. The van der Waals surface area contributed by atoms with Crippen molar-refractivity contribution in [2.24, 2.45) is 0 Å². The number of carbonyl (C=O) groups excluding carboxylic acids is 1. The molecular weight excluding hydrogens is 201 g/mol. The largest absolute Gasteiger partial charge is 0.338 e. The molecule has 1 aliphatic rings. The molecule has 1 heterocycles. The number of amides is 1. The number of rotatable bonds is 1. The van der Waals surface area contributed by atoms with Gasteiger partial charge in [-0.15, -0.1) is 0 Å². The third-order valence-corrected chi connectivity index (χ3v) is 3.52. The Morgan fingerprint density at radius 2 is 2.07 bits per heavy atom. The number of halogens is 1. The normalized spacial score (nSPS) is 22.2. The van der Waals surface area contributed by atoms with E-state index in [1.807, 2.05) is 11.8 Å². The molecule has 1 rings (SSSR count). The second kappa shape index (κ2) is 3.72. The maximum Gasteiger partial charge on any atom is 0.259 e. The fourth-order valence-electron chi connectivity index (χ4n) is 1.57. The van der Waals surface area contributed by atoms with Crippen LogP contribution in [0.2, 0.25) is 0 Å². The van der Waals surface area contributed by atoms with Crippen LogP contribution in [0, 0.1) is 0 Å². The molecule has 0 radical (unpaired) electrons. The summed E-state index contributed by atoms with van der Waals surface area (Å²) in [6.07, 6.45) is 0. The summed E-state index contributed by atoms with van der Waals surface area (Å²) < 4.78 is 13.5. The Kier molecular flexibility index (Phi) is 3.14. The first-order valence-electron chi connectivity index (χ1n) is 4.85. The highest BCUT2D eigenvalue weighted by atomic mass is 32.2. The highest BCUT2D eigenvalue weighted by Crippen LogP contribution is 2.30. The molecule has 0 spiro atoms. The molecule has 82 valence electrons. The average Bonchev–Trinajstić information content (AvgIpc) is 1.99. The summed E-state index contributed by atoms with van der Waals surface area (Å²) in [6, 6.07) is 0. The van der Waals surface area contributed by atoms with Crippen LogP contribution in [0.5, 0.6) is 0 Å². The first-order valence-corrected chi connectivity index (χ1v) is 5.83. The van der Waals surface area contributed by atoms with Crippen molar-refractivity contribution < 1.29 is 9.18 Å². The maximum atomic E-state index is 13.4. The second-order valence-electron chi connectivity index (χ2n) is 4.81. The van der Waals surface area contributed by atoms with Crippen LogP contribution < -0.4 is 0 Å². The van der Waals surface area contributed by atoms with Gasteiger partial charge in [-0.3, -0.25) is 4.79 Å². The Morgan fingerprint density at radius 3 is 2.50 bits per heavy atom. The molecule has 0 aromatic heterocycles. The van der Waals surface area contributed by atoms with E-state index in [9.17, 15) is 9.18 Å². The standard InChI is InChI=1S/C10H18FNOS/c1-9(2)7-12(5-6-14-9)8(13)10(3,4)11/h5-7H2,1-4H3. The predicted octanol–water partition coefficient (Wildman–Crippen LogP) is 2.09. The fourth-order valence-corrected chi connectivity index (χ4v) is 2.68. The van der Waals surface area contributed by atoms with Crippen LogP contribution in [-0.4, -0.2) is 40.1 Å². The summed E-state index contributed by atoms with van der Waals surface area (Å²) in [5.41, 5.74) is -1.74. The molecule has 0 aromatic rings. The lowest BCUT2D eigenvalue weighted by atomic mass is 10.1. The lowest BCUT2D eigenvalue weighted by Gasteiger charge is -2.39. The highest BCUT2D eigenvalue weighted by molar-refractivity contribution is 8.00. The number of alkyl halides is 1. The van der Waals surface area contributed by atoms with Gasteiger partial charge in [-0.25, -0.2) is 4.39 Å². The molecule has 0 unspecified atom stereocenters. The van der Waals surface area contributed by atoms with E-state index in [4.69, 9.17) is 0 Å². The zero-order chi connectivity index (χ0) is 11.0. The minimum absolute atomic E-state index is 0.0547. The zero-order valence-electron chi connectivity index (χ0n) is 9.26. The van der Waals surface area contributed by atoms with E-state index in [2.05, 4.69) is 13.8 Å². The van der Waals surface area contributed by atoms with Crippen molar-refractivity contribution in [2.45, 2.75) is 38.1 Å². The number of thioether (sulfide) groups is 1. The van der Waals surface area contributed by atoms with E-state index in [-0.39, 0.29) is 10.7 Å². The quantitative estimate of drug-likeness (QED) is 0.673. The molecule has 0 saturated carbocycles. The van der Waals surface area contributed by atoms with Crippen LogP contribution >= 0.6 is 11.8 Å². The van der Waals surface area contributed by atoms with Gasteiger partial charge in [0.05, 0.1) is 0 Å². The number of nitrogens with zero attached hydrogens (tertiary/aromatic N) is 1. The maximum absolute atomic E-state index is 13.4. The summed E-state index contributed by atoms with van der Waals surface area (Å²) in [5, 5.41) is 0. The molecule has 4 heteroatoms. The summed E-state index contributed by atoms with van der Waals surface area (Å²) >= 11 is 1.84. The third kappa shape index (κ3) is 2.87. The molecular formula is C10H18FNOS. The zero-order valence-corrected chi connectivity index (χ0v) is 10.1. The van der Waals surface area contributed by atoms with Crippen LogP contribution in [0.15, 0.2) is 0 Å². The van der Waals surface area contributed by atoms with Gasteiger partial charge < -0.3 is 4.90 Å². The summed E-state index contributed by atoms with van der Waals surface area (Å²) in [5.74, 6) is 0.514. The number of hydrogen-bond donors (Lipinski definition) is 0. The Balaban J connectivity index is 2.66. The lowest BCUT2D eigenvalue weighted by Crippen LogP contribution is -2.51. The van der Waals surface area contributed by atoms with E-state index in [1.54, 1.807) is 4.90 Å². The fraction of sp³-hybridized carbons (Fsp3) is 0.900. The topological polar surface area (TPSA) is 20.3 Å². The molecule has 14 heavy (non-hydrogen) atoms. The van der Waals surface area contributed by atoms with Crippen LogP contribution in [0.1, 0.15) is 27.7 Å². The third-order valence-electron chi connectivity index (χ3n) is 2.22. The SMILES string of the molecule is CC1(C)CN(C(=O)C(C)(C)F)CCS1. The van der Waals surface area contributed by atoms with E-state index >= 15 is 0 Å². The van der Waals surface area contributed by atoms with E-state index < -0.39 is 5.67 Å². The van der Waals surface area contributed by atoms with E-state index in [1.165, 1.54) is 13.8 Å². The minimum Gasteiger partial charge on any atom is -0.338 e. The van der Waals surface area contributed by atoms with Crippen LogP contribution in [-0.2, 0) is 4.79 Å². The van der Waals surface area contributed by atoms with Gasteiger partial charge >= 0.3 is 0 Å². The first-order chi connectivity index (χ1) is 6.22. The molecule has 0 N–H and O–H groups in total. The van der Waals surface area contributed by atoms with Crippen LogP contribution in [0.4, 0.5) is 4.39 Å². The Morgan fingerprint density at radius 1 is 1.50 bits per heavy atom. The van der Waals surface area contributed by atoms with E-state index in [0.717, 1.165) is 5.75 Å². The van der Waals surface area contributed by atoms with Crippen molar-refractivity contribution in [3.63, 3.8) is 0 Å².